The summed E-state index contributed by atoms with van der Waals surface area (Å²) >= 11 is 0. The molecule has 0 aromatic carbocycles. The molecule has 2 aromatic rings. The van der Waals surface area contributed by atoms with Gasteiger partial charge in [0.05, 0.1) is 6.20 Å². The number of carbonyl (C=O) groups is 1. The number of anilines is 1. The Bertz CT molecular complexity index is 646. The van der Waals surface area contributed by atoms with Crippen LogP contribution in [0.1, 0.15) is 49.5 Å². The van der Waals surface area contributed by atoms with Crippen LogP contribution in [-0.2, 0) is 0 Å². The summed E-state index contributed by atoms with van der Waals surface area (Å²) in [7, 11) is 0. The lowest BCUT2D eigenvalue weighted by atomic mass is 9.95. The molecule has 0 unspecified atom stereocenters. The topological polar surface area (TPSA) is 50.3 Å². The predicted molar refractivity (Wildman–Crippen MR) is 76.9 cm³/mol. The van der Waals surface area contributed by atoms with Gasteiger partial charge in [-0.25, -0.2) is 0 Å². The van der Waals surface area contributed by atoms with Crippen molar-refractivity contribution >= 4 is 17.5 Å². The highest BCUT2D eigenvalue weighted by Crippen LogP contribution is 2.23. The van der Waals surface area contributed by atoms with Crippen LogP contribution in [0.3, 0.4) is 0 Å². The van der Waals surface area contributed by atoms with Gasteiger partial charge in [0, 0.05) is 19.0 Å². The summed E-state index contributed by atoms with van der Waals surface area (Å²) < 4.78 is 3.65. The highest BCUT2D eigenvalue weighted by Gasteiger charge is 2.26. The van der Waals surface area contributed by atoms with E-state index in [0.29, 0.717) is 11.8 Å². The van der Waals surface area contributed by atoms with Gasteiger partial charge >= 0.3 is 5.78 Å². The molecule has 0 spiro atoms. The zero-order chi connectivity index (χ0) is 14.1. The summed E-state index contributed by atoms with van der Waals surface area (Å²) in [6, 6.07) is 2.39. The molecule has 2 heterocycles. The Labute approximate surface area is 130 Å². The molecule has 1 fully saturated rings. The van der Waals surface area contributed by atoms with E-state index < -0.39 is 0 Å². The van der Waals surface area contributed by atoms with Gasteiger partial charge in [0.25, 0.3) is 5.91 Å². The van der Waals surface area contributed by atoms with Gasteiger partial charge in [0.1, 0.15) is 11.9 Å². The Morgan fingerprint density at radius 3 is 2.76 bits per heavy atom. The summed E-state index contributed by atoms with van der Waals surface area (Å²) in [6.45, 7) is 3.55. The molecule has 114 valence electrons. The SMILES string of the molecule is CC(=O)[n+]1c(C)c(NC2CCCCC2)n2cccnc21.[Cl-]. The number of nitrogens with zero attached hydrogens (tertiary/aromatic N) is 3. The lowest BCUT2D eigenvalue weighted by Crippen LogP contribution is -3.00. The van der Waals surface area contributed by atoms with Gasteiger partial charge in [0.15, 0.2) is 0 Å². The molecule has 1 N–H and O–H groups in total. The van der Waals surface area contributed by atoms with Crippen molar-refractivity contribution in [2.24, 2.45) is 0 Å². The fourth-order valence-electron chi connectivity index (χ4n) is 3.12. The van der Waals surface area contributed by atoms with Crippen LogP contribution in [0.2, 0.25) is 0 Å². The number of fused-ring (bicyclic) bond motifs is 1. The van der Waals surface area contributed by atoms with Crippen molar-refractivity contribution in [3.63, 3.8) is 0 Å². The minimum atomic E-state index is -0.00426. The molecule has 0 aliphatic heterocycles. The van der Waals surface area contributed by atoms with E-state index >= 15 is 0 Å². The normalized spacial score (nSPS) is 15.7. The van der Waals surface area contributed by atoms with E-state index in [1.165, 1.54) is 32.1 Å². The van der Waals surface area contributed by atoms with E-state index in [1.54, 1.807) is 17.7 Å². The predicted octanol–water partition coefficient (Wildman–Crippen LogP) is -0.661. The van der Waals surface area contributed by atoms with Crippen LogP contribution in [-0.4, -0.2) is 21.3 Å². The average Bonchev–Trinajstić information content (AvgIpc) is 2.73. The first-order chi connectivity index (χ1) is 9.68. The number of halogens is 1. The Kier molecular flexibility index (Phi) is 4.83. The van der Waals surface area contributed by atoms with Crippen molar-refractivity contribution in [1.29, 1.82) is 0 Å². The molecule has 1 saturated carbocycles. The molecule has 6 heteroatoms. The second kappa shape index (κ2) is 6.43. The third-order valence-corrected chi connectivity index (χ3v) is 4.11. The molecule has 5 nitrogen and oxygen atoms in total. The zero-order valence-electron chi connectivity index (χ0n) is 12.5. The Hall–Kier alpha value is -1.62. The van der Waals surface area contributed by atoms with Gasteiger partial charge in [0.2, 0.25) is 5.82 Å². The van der Waals surface area contributed by atoms with E-state index in [1.807, 2.05) is 23.6 Å². The molecule has 1 aliphatic carbocycles. The molecule has 0 atom stereocenters. The molecule has 21 heavy (non-hydrogen) atoms. The summed E-state index contributed by atoms with van der Waals surface area (Å²) in [5, 5.41) is 3.62. The van der Waals surface area contributed by atoms with Crippen LogP contribution in [0, 0.1) is 6.92 Å². The molecule has 0 amide bonds. The minimum absolute atomic E-state index is 0. The van der Waals surface area contributed by atoms with Gasteiger partial charge in [-0.15, -0.1) is 0 Å². The number of nitrogens with one attached hydrogen (secondary N) is 1. The van der Waals surface area contributed by atoms with Crippen molar-refractivity contribution in [3.05, 3.63) is 24.2 Å². The third-order valence-electron chi connectivity index (χ3n) is 4.11. The Morgan fingerprint density at radius 2 is 2.10 bits per heavy atom. The van der Waals surface area contributed by atoms with E-state index in [-0.39, 0.29) is 18.3 Å². The van der Waals surface area contributed by atoms with Crippen LogP contribution in [0.4, 0.5) is 5.82 Å². The lowest BCUT2D eigenvalue weighted by Gasteiger charge is -2.22. The van der Waals surface area contributed by atoms with Crippen LogP contribution in [0.5, 0.6) is 0 Å². The first-order valence-electron chi connectivity index (χ1n) is 7.33. The van der Waals surface area contributed by atoms with Crippen LogP contribution < -0.4 is 22.3 Å². The standard InChI is InChI=1S/C15H21N4O.ClH/c1-11-14(17-13-7-4-3-5-8-13)18-10-6-9-16-15(18)19(11)12(2)20;/h6,9-10,13,17H,3-5,7-8H2,1-2H3;1H/q+1;/p-1. The molecule has 0 radical (unpaired) electrons. The lowest BCUT2D eigenvalue weighted by molar-refractivity contribution is -0.552. The molecule has 1 aliphatic rings. The fourth-order valence-corrected chi connectivity index (χ4v) is 3.12. The van der Waals surface area contributed by atoms with Crippen molar-refractivity contribution in [1.82, 2.24) is 9.38 Å². The smallest absolute Gasteiger partial charge is 0.412 e. The van der Waals surface area contributed by atoms with Crippen molar-refractivity contribution in [2.45, 2.75) is 52.0 Å². The van der Waals surface area contributed by atoms with Gasteiger partial charge in [-0.3, -0.25) is 4.79 Å². The Balaban J connectivity index is 0.00000161. The summed E-state index contributed by atoms with van der Waals surface area (Å²) in [5.74, 6) is 1.67. The molecule has 0 saturated heterocycles. The first kappa shape index (κ1) is 15.8. The fraction of sp³-hybridized carbons (Fsp3) is 0.533. The number of carbonyl (C=O) groups excluding carboxylic acids is 1. The maximum absolute atomic E-state index is 11.9. The van der Waals surface area contributed by atoms with E-state index in [2.05, 4.69) is 10.3 Å². The minimum Gasteiger partial charge on any atom is -1.00 e. The summed E-state index contributed by atoms with van der Waals surface area (Å²) in [4.78, 5) is 16.2. The molecule has 0 bridgehead atoms. The number of hydrogen-bond acceptors (Lipinski definition) is 3. The van der Waals surface area contributed by atoms with Gasteiger partial charge < -0.3 is 17.7 Å². The number of imidazole rings is 1. The van der Waals surface area contributed by atoms with Gasteiger partial charge in [-0.2, -0.15) is 8.97 Å². The molecule has 3 rings (SSSR count). The van der Waals surface area contributed by atoms with Crippen LogP contribution in [0.25, 0.3) is 5.78 Å². The summed E-state index contributed by atoms with van der Waals surface area (Å²) in [6.07, 6.45) is 9.98. The average molecular weight is 309 g/mol. The van der Waals surface area contributed by atoms with E-state index in [9.17, 15) is 4.79 Å². The maximum atomic E-state index is 11.9. The van der Waals surface area contributed by atoms with Gasteiger partial charge in [-0.05, 0) is 19.8 Å². The third kappa shape index (κ3) is 2.88. The van der Waals surface area contributed by atoms with E-state index in [4.69, 9.17) is 0 Å². The monoisotopic (exact) mass is 308 g/mol. The molecule has 2 aromatic heterocycles. The number of rotatable bonds is 2. The Morgan fingerprint density at radius 1 is 1.38 bits per heavy atom. The van der Waals surface area contributed by atoms with Crippen LogP contribution >= 0.6 is 0 Å². The van der Waals surface area contributed by atoms with Crippen molar-refractivity contribution in [3.8, 4) is 0 Å². The molecular weight excluding hydrogens is 288 g/mol. The highest BCUT2D eigenvalue weighted by molar-refractivity contribution is 5.67. The first-order valence-corrected chi connectivity index (χ1v) is 7.33. The summed E-state index contributed by atoms with van der Waals surface area (Å²) in [5.41, 5.74) is 0.932. The maximum Gasteiger partial charge on any atom is 0.412 e. The van der Waals surface area contributed by atoms with Crippen molar-refractivity contribution < 1.29 is 21.8 Å². The largest absolute Gasteiger partial charge is 1.00 e. The van der Waals surface area contributed by atoms with Gasteiger partial charge in [-0.1, -0.05) is 24.2 Å². The molecular formula is C15H21ClN4O. The van der Waals surface area contributed by atoms with Crippen molar-refractivity contribution in [2.75, 3.05) is 5.32 Å². The van der Waals surface area contributed by atoms with Crippen LogP contribution in [0.15, 0.2) is 18.5 Å². The highest BCUT2D eigenvalue weighted by atomic mass is 35.5. The number of hydrogen-bond donors (Lipinski definition) is 1. The zero-order valence-corrected chi connectivity index (χ0v) is 13.2. The second-order valence-corrected chi connectivity index (χ2v) is 5.56. The second-order valence-electron chi connectivity index (χ2n) is 5.56. The number of aromatic nitrogens is 3. The van der Waals surface area contributed by atoms with E-state index in [0.717, 1.165) is 11.5 Å². The quantitative estimate of drug-likeness (QED) is 0.749.